The molecule has 0 radical (unpaired) electrons. The predicted molar refractivity (Wildman–Crippen MR) is 70.2 cm³/mol. The number of methoxy groups -OCH3 is 1. The van der Waals surface area contributed by atoms with E-state index in [1.54, 1.807) is 19.2 Å². The molecule has 1 aromatic rings. The van der Waals surface area contributed by atoms with Crippen LogP contribution in [0.15, 0.2) is 18.2 Å². The van der Waals surface area contributed by atoms with E-state index in [0.717, 1.165) is 19.5 Å². The molecule has 3 nitrogen and oxygen atoms in total. The average molecular weight is 273 g/mol. The van der Waals surface area contributed by atoms with Crippen molar-refractivity contribution in [1.29, 1.82) is 0 Å². The fourth-order valence-electron chi connectivity index (χ4n) is 2.51. The summed E-state index contributed by atoms with van der Waals surface area (Å²) in [5.74, 6) is -0.246. The Kier molecular flexibility index (Phi) is 4.56. The van der Waals surface area contributed by atoms with Crippen molar-refractivity contribution in [3.05, 3.63) is 34.6 Å². The second-order valence-electron chi connectivity index (χ2n) is 4.59. The van der Waals surface area contributed by atoms with E-state index in [4.69, 9.17) is 22.1 Å². The van der Waals surface area contributed by atoms with Crippen LogP contribution in [-0.2, 0) is 4.74 Å². The van der Waals surface area contributed by atoms with Crippen LogP contribution >= 0.6 is 11.6 Å². The van der Waals surface area contributed by atoms with Crippen molar-refractivity contribution >= 4 is 11.6 Å². The van der Waals surface area contributed by atoms with E-state index in [1.165, 1.54) is 6.07 Å². The number of ether oxygens (including phenoxy) is 1. The van der Waals surface area contributed by atoms with E-state index >= 15 is 0 Å². The lowest BCUT2D eigenvalue weighted by Crippen LogP contribution is -2.34. The molecule has 1 aliphatic rings. The Morgan fingerprint density at radius 2 is 2.33 bits per heavy atom. The molecule has 1 fully saturated rings. The fraction of sp³-hybridized carbons (Fsp3) is 0.538. The van der Waals surface area contributed by atoms with Crippen molar-refractivity contribution in [1.82, 2.24) is 4.90 Å². The molecule has 0 aliphatic carbocycles. The Labute approximate surface area is 112 Å². The Bertz CT molecular complexity index is 416. The van der Waals surface area contributed by atoms with Gasteiger partial charge in [-0.3, -0.25) is 4.90 Å². The molecule has 2 unspecified atom stereocenters. The Morgan fingerprint density at radius 1 is 1.56 bits per heavy atom. The number of halogens is 2. The van der Waals surface area contributed by atoms with Crippen molar-refractivity contribution in [2.75, 3.05) is 26.8 Å². The minimum absolute atomic E-state index is 0.0603. The van der Waals surface area contributed by atoms with E-state index in [1.807, 2.05) is 0 Å². The summed E-state index contributed by atoms with van der Waals surface area (Å²) in [4.78, 5) is 2.16. The maximum atomic E-state index is 13.9. The van der Waals surface area contributed by atoms with Crippen LogP contribution in [0.2, 0.25) is 5.02 Å². The largest absolute Gasteiger partial charge is 0.383 e. The van der Waals surface area contributed by atoms with Gasteiger partial charge in [0.2, 0.25) is 0 Å². The van der Waals surface area contributed by atoms with Gasteiger partial charge in [-0.25, -0.2) is 4.39 Å². The maximum Gasteiger partial charge on any atom is 0.128 e. The van der Waals surface area contributed by atoms with Gasteiger partial charge in [0.15, 0.2) is 0 Å². The molecule has 0 spiro atoms. The summed E-state index contributed by atoms with van der Waals surface area (Å²) < 4.78 is 19.0. The molecule has 1 aliphatic heterocycles. The Morgan fingerprint density at radius 3 is 3.06 bits per heavy atom. The molecule has 1 heterocycles. The third-order valence-corrected chi connectivity index (χ3v) is 3.64. The number of benzene rings is 1. The lowest BCUT2D eigenvalue weighted by atomic mass is 10.0. The topological polar surface area (TPSA) is 38.5 Å². The molecule has 18 heavy (non-hydrogen) atoms. The summed E-state index contributed by atoms with van der Waals surface area (Å²) in [6, 6.07) is 4.46. The van der Waals surface area contributed by atoms with E-state index in [9.17, 15) is 4.39 Å². The van der Waals surface area contributed by atoms with Crippen molar-refractivity contribution < 1.29 is 9.13 Å². The number of hydrogen-bond acceptors (Lipinski definition) is 3. The number of likely N-dealkylation sites (tertiary alicyclic amines) is 1. The Hall–Kier alpha value is -0.680. The normalized spacial score (nSPS) is 24.7. The summed E-state index contributed by atoms with van der Waals surface area (Å²) in [5.41, 5.74) is 6.69. The fourth-order valence-corrected chi connectivity index (χ4v) is 2.69. The lowest BCUT2D eigenvalue weighted by Gasteiger charge is -2.27. The molecule has 0 bridgehead atoms. The molecule has 5 heteroatoms. The van der Waals surface area contributed by atoms with Crippen molar-refractivity contribution in [3.8, 4) is 0 Å². The van der Waals surface area contributed by atoms with Gasteiger partial charge in [-0.1, -0.05) is 11.6 Å². The van der Waals surface area contributed by atoms with Gasteiger partial charge < -0.3 is 10.5 Å². The van der Waals surface area contributed by atoms with E-state index in [0.29, 0.717) is 17.2 Å². The highest BCUT2D eigenvalue weighted by Gasteiger charge is 2.34. The average Bonchev–Trinajstić information content (AvgIpc) is 2.71. The van der Waals surface area contributed by atoms with Crippen LogP contribution in [0.4, 0.5) is 4.39 Å². The molecule has 0 aromatic heterocycles. The smallest absolute Gasteiger partial charge is 0.128 e. The second kappa shape index (κ2) is 5.97. The summed E-state index contributed by atoms with van der Waals surface area (Å²) in [7, 11) is 1.66. The minimum Gasteiger partial charge on any atom is -0.383 e. The molecular formula is C13H18ClFN2O. The summed E-state index contributed by atoms with van der Waals surface area (Å²) in [6.45, 7) is 2.23. The molecular weight excluding hydrogens is 255 g/mol. The number of nitrogens with two attached hydrogens (primary N) is 1. The van der Waals surface area contributed by atoms with E-state index in [2.05, 4.69) is 4.90 Å². The minimum atomic E-state index is -0.246. The molecule has 1 saturated heterocycles. The molecule has 2 rings (SSSR count). The third-order valence-electron chi connectivity index (χ3n) is 3.41. The first-order valence-corrected chi connectivity index (χ1v) is 6.45. The second-order valence-corrected chi connectivity index (χ2v) is 5.03. The highest BCUT2D eigenvalue weighted by atomic mass is 35.5. The maximum absolute atomic E-state index is 13.9. The van der Waals surface area contributed by atoms with Crippen LogP contribution < -0.4 is 5.73 Å². The van der Waals surface area contributed by atoms with E-state index in [-0.39, 0.29) is 17.9 Å². The zero-order chi connectivity index (χ0) is 13.1. The van der Waals surface area contributed by atoms with Crippen LogP contribution in [0.25, 0.3) is 0 Å². The molecule has 0 amide bonds. The van der Waals surface area contributed by atoms with Crippen molar-refractivity contribution in [3.63, 3.8) is 0 Å². The molecule has 2 atom stereocenters. The first-order valence-electron chi connectivity index (χ1n) is 6.07. The monoisotopic (exact) mass is 272 g/mol. The number of rotatable bonds is 4. The third kappa shape index (κ3) is 2.83. The van der Waals surface area contributed by atoms with Gasteiger partial charge in [0.25, 0.3) is 0 Å². The SMILES string of the molecule is COCCN1CCC(N)C1c1cc(Cl)ccc1F. The summed E-state index contributed by atoms with van der Waals surface area (Å²) in [6.07, 6.45) is 0.861. The number of nitrogens with zero attached hydrogens (tertiary/aromatic N) is 1. The summed E-state index contributed by atoms with van der Waals surface area (Å²) >= 11 is 5.94. The van der Waals surface area contributed by atoms with Crippen LogP contribution in [0.1, 0.15) is 18.0 Å². The van der Waals surface area contributed by atoms with Gasteiger partial charge in [0, 0.05) is 36.8 Å². The Balaban J connectivity index is 2.24. The van der Waals surface area contributed by atoms with Crippen LogP contribution in [0.3, 0.4) is 0 Å². The summed E-state index contributed by atoms with van der Waals surface area (Å²) in [5, 5.41) is 0.539. The zero-order valence-electron chi connectivity index (χ0n) is 10.4. The molecule has 0 saturated carbocycles. The van der Waals surface area contributed by atoms with Crippen LogP contribution in [-0.4, -0.2) is 37.7 Å². The standard InChI is InChI=1S/C13H18ClFN2O/c1-18-7-6-17-5-4-12(16)13(17)10-8-9(14)2-3-11(10)15/h2-3,8,12-13H,4-7,16H2,1H3. The van der Waals surface area contributed by atoms with Crippen molar-refractivity contribution in [2.24, 2.45) is 5.73 Å². The van der Waals surface area contributed by atoms with Gasteiger partial charge in [0.05, 0.1) is 12.6 Å². The molecule has 2 N–H and O–H groups in total. The molecule has 1 aromatic carbocycles. The lowest BCUT2D eigenvalue weighted by molar-refractivity contribution is 0.138. The van der Waals surface area contributed by atoms with Crippen LogP contribution in [0.5, 0.6) is 0 Å². The van der Waals surface area contributed by atoms with Gasteiger partial charge in [-0.15, -0.1) is 0 Å². The van der Waals surface area contributed by atoms with Crippen molar-refractivity contribution in [2.45, 2.75) is 18.5 Å². The van der Waals surface area contributed by atoms with Gasteiger partial charge in [0.1, 0.15) is 5.82 Å². The number of hydrogen-bond donors (Lipinski definition) is 1. The first-order chi connectivity index (χ1) is 8.63. The van der Waals surface area contributed by atoms with Gasteiger partial charge in [-0.05, 0) is 24.6 Å². The van der Waals surface area contributed by atoms with Crippen LogP contribution in [0, 0.1) is 5.82 Å². The highest BCUT2D eigenvalue weighted by Crippen LogP contribution is 2.33. The van der Waals surface area contributed by atoms with E-state index < -0.39 is 0 Å². The van der Waals surface area contributed by atoms with Gasteiger partial charge in [-0.2, -0.15) is 0 Å². The predicted octanol–water partition coefficient (Wildman–Crippen LogP) is 2.20. The zero-order valence-corrected chi connectivity index (χ0v) is 11.2. The highest BCUT2D eigenvalue weighted by molar-refractivity contribution is 6.30. The first kappa shape index (κ1) is 13.7. The molecule has 100 valence electrons. The quantitative estimate of drug-likeness (QED) is 0.913. The van der Waals surface area contributed by atoms with Gasteiger partial charge >= 0.3 is 0 Å².